The summed E-state index contributed by atoms with van der Waals surface area (Å²) in [5.41, 5.74) is -0.163. The zero-order valence-electron chi connectivity index (χ0n) is 17.4. The molecule has 33 heavy (non-hydrogen) atoms. The second-order valence-corrected chi connectivity index (χ2v) is 8.18. The Morgan fingerprint density at radius 2 is 2.00 bits per heavy atom. The minimum absolute atomic E-state index is 0.0685. The van der Waals surface area contributed by atoms with Gasteiger partial charge < -0.3 is 15.2 Å². The third kappa shape index (κ3) is 5.84. The molecule has 2 N–H and O–H groups in total. The molecule has 1 heterocycles. The van der Waals surface area contributed by atoms with Crippen LogP contribution in [0, 0.1) is 15.9 Å². The van der Waals surface area contributed by atoms with E-state index in [1.807, 2.05) is 0 Å². The smallest absolute Gasteiger partial charge is 0.271 e. The standard InChI is InChI=1S/C20H18ClFN6O4S/c1-11(23-19(30)13-5-3-4-6-15(13)22)18-25-26-20(27(18)2)33-10-17(29)24-16-9-12(28(31)32)7-8-14(16)21/h3-9,11H,10H2,1-2H3,(H,23,30)(H,24,29)/t11-/m0/s1. The molecule has 2 aromatic carbocycles. The summed E-state index contributed by atoms with van der Waals surface area (Å²) in [6.07, 6.45) is 0. The van der Waals surface area contributed by atoms with Crippen LogP contribution in [0.5, 0.6) is 0 Å². The molecule has 10 nitrogen and oxygen atoms in total. The lowest BCUT2D eigenvalue weighted by Crippen LogP contribution is -2.29. The van der Waals surface area contributed by atoms with Gasteiger partial charge in [-0.1, -0.05) is 35.5 Å². The van der Waals surface area contributed by atoms with Crippen LogP contribution >= 0.6 is 23.4 Å². The summed E-state index contributed by atoms with van der Waals surface area (Å²) in [6.45, 7) is 1.67. The Labute approximate surface area is 196 Å². The molecule has 3 rings (SSSR count). The van der Waals surface area contributed by atoms with Crippen LogP contribution in [0.15, 0.2) is 47.6 Å². The maximum atomic E-state index is 13.8. The van der Waals surface area contributed by atoms with Crippen LogP contribution in [0.3, 0.4) is 0 Å². The predicted octanol–water partition coefficient (Wildman–Crippen LogP) is 3.74. The van der Waals surface area contributed by atoms with Crippen LogP contribution in [-0.4, -0.2) is 37.3 Å². The van der Waals surface area contributed by atoms with Crippen LogP contribution in [0.4, 0.5) is 15.8 Å². The summed E-state index contributed by atoms with van der Waals surface area (Å²) < 4.78 is 15.4. The highest BCUT2D eigenvalue weighted by molar-refractivity contribution is 7.99. The lowest BCUT2D eigenvalue weighted by Gasteiger charge is -2.14. The highest BCUT2D eigenvalue weighted by Crippen LogP contribution is 2.27. The summed E-state index contributed by atoms with van der Waals surface area (Å²) in [5.74, 6) is -1.34. The number of aromatic nitrogens is 3. The second-order valence-electron chi connectivity index (χ2n) is 6.83. The van der Waals surface area contributed by atoms with Crippen LogP contribution in [0.2, 0.25) is 5.02 Å². The average molecular weight is 493 g/mol. The van der Waals surface area contributed by atoms with Gasteiger partial charge in [-0.3, -0.25) is 19.7 Å². The first-order valence-corrected chi connectivity index (χ1v) is 10.8. The number of benzene rings is 2. The van der Waals surface area contributed by atoms with E-state index in [0.29, 0.717) is 11.0 Å². The first kappa shape index (κ1) is 24.1. The van der Waals surface area contributed by atoms with Crippen molar-refractivity contribution < 1.29 is 18.9 Å². The molecule has 0 saturated heterocycles. The van der Waals surface area contributed by atoms with Gasteiger partial charge in [0, 0.05) is 19.2 Å². The van der Waals surface area contributed by atoms with Crippen molar-refractivity contribution in [2.45, 2.75) is 18.1 Å². The number of nitro groups is 1. The van der Waals surface area contributed by atoms with Gasteiger partial charge in [0.2, 0.25) is 5.91 Å². The van der Waals surface area contributed by atoms with E-state index in [-0.39, 0.29) is 27.7 Å². The number of halogens is 2. The number of anilines is 1. The van der Waals surface area contributed by atoms with Gasteiger partial charge in [-0.15, -0.1) is 10.2 Å². The Balaban J connectivity index is 1.61. The first-order chi connectivity index (χ1) is 15.7. The number of amides is 2. The van der Waals surface area contributed by atoms with E-state index >= 15 is 0 Å². The molecule has 1 atom stereocenters. The zero-order chi connectivity index (χ0) is 24.1. The second kappa shape index (κ2) is 10.4. The Morgan fingerprint density at radius 3 is 2.70 bits per heavy atom. The number of carbonyl (C=O) groups is 2. The van der Waals surface area contributed by atoms with E-state index in [0.717, 1.165) is 11.8 Å². The molecule has 0 fully saturated rings. The van der Waals surface area contributed by atoms with E-state index in [9.17, 15) is 24.1 Å². The monoisotopic (exact) mass is 492 g/mol. The molecule has 0 radical (unpaired) electrons. The van der Waals surface area contributed by atoms with Crippen molar-refractivity contribution in [3.05, 3.63) is 74.8 Å². The fourth-order valence-corrected chi connectivity index (χ4v) is 3.74. The minimum atomic E-state index is -0.633. The molecular weight excluding hydrogens is 475 g/mol. The Bertz CT molecular complexity index is 1220. The molecular formula is C20H18ClFN6O4S. The van der Waals surface area contributed by atoms with Crippen molar-refractivity contribution in [2.75, 3.05) is 11.1 Å². The van der Waals surface area contributed by atoms with Crippen molar-refractivity contribution in [3.8, 4) is 0 Å². The molecule has 0 spiro atoms. The van der Waals surface area contributed by atoms with E-state index < -0.39 is 28.6 Å². The SMILES string of the molecule is C[C@H](NC(=O)c1ccccc1F)c1nnc(SCC(=O)Nc2cc([N+](=O)[O-])ccc2Cl)n1C. The quantitative estimate of drug-likeness (QED) is 0.278. The fraction of sp³-hybridized carbons (Fsp3) is 0.200. The number of hydrogen-bond acceptors (Lipinski definition) is 7. The molecule has 0 saturated carbocycles. The summed E-state index contributed by atoms with van der Waals surface area (Å²) in [4.78, 5) is 34.9. The first-order valence-electron chi connectivity index (χ1n) is 9.48. The van der Waals surface area contributed by atoms with Gasteiger partial charge in [0.25, 0.3) is 11.6 Å². The molecule has 172 valence electrons. The van der Waals surface area contributed by atoms with E-state index in [2.05, 4.69) is 20.8 Å². The Kier molecular flexibility index (Phi) is 7.61. The van der Waals surface area contributed by atoms with Crippen LogP contribution in [0.25, 0.3) is 0 Å². The summed E-state index contributed by atoms with van der Waals surface area (Å²) in [5, 5.41) is 24.7. The number of rotatable bonds is 8. The summed E-state index contributed by atoms with van der Waals surface area (Å²) in [6, 6.07) is 8.78. The van der Waals surface area contributed by atoms with Gasteiger partial charge in [0.15, 0.2) is 11.0 Å². The third-order valence-electron chi connectivity index (χ3n) is 4.49. The highest BCUT2D eigenvalue weighted by atomic mass is 35.5. The van der Waals surface area contributed by atoms with Crippen molar-refractivity contribution in [2.24, 2.45) is 7.05 Å². The molecule has 2 amide bonds. The van der Waals surface area contributed by atoms with E-state index in [4.69, 9.17) is 11.6 Å². The van der Waals surface area contributed by atoms with Gasteiger partial charge in [0.05, 0.1) is 33.0 Å². The average Bonchev–Trinajstić information content (AvgIpc) is 3.14. The number of nitrogens with zero attached hydrogens (tertiary/aromatic N) is 4. The molecule has 0 aliphatic carbocycles. The number of carbonyl (C=O) groups excluding carboxylic acids is 2. The third-order valence-corrected chi connectivity index (χ3v) is 5.84. The molecule has 0 bridgehead atoms. The van der Waals surface area contributed by atoms with E-state index in [1.54, 1.807) is 24.6 Å². The number of thioether (sulfide) groups is 1. The zero-order valence-corrected chi connectivity index (χ0v) is 19.0. The number of nitro benzene ring substituents is 1. The van der Waals surface area contributed by atoms with Gasteiger partial charge in [-0.05, 0) is 25.1 Å². The summed E-state index contributed by atoms with van der Waals surface area (Å²) >= 11 is 7.07. The van der Waals surface area contributed by atoms with Crippen molar-refractivity contribution in [1.82, 2.24) is 20.1 Å². The molecule has 13 heteroatoms. The lowest BCUT2D eigenvalue weighted by atomic mass is 10.2. The Hall–Kier alpha value is -3.51. The minimum Gasteiger partial charge on any atom is -0.342 e. The maximum absolute atomic E-state index is 13.8. The molecule has 0 aliphatic rings. The molecule has 0 unspecified atom stereocenters. The van der Waals surface area contributed by atoms with Gasteiger partial charge in [-0.25, -0.2) is 4.39 Å². The lowest BCUT2D eigenvalue weighted by molar-refractivity contribution is -0.384. The van der Waals surface area contributed by atoms with Crippen molar-refractivity contribution >= 4 is 46.6 Å². The van der Waals surface area contributed by atoms with Crippen molar-refractivity contribution in [3.63, 3.8) is 0 Å². The fourth-order valence-electron chi connectivity index (χ4n) is 2.85. The Morgan fingerprint density at radius 1 is 1.27 bits per heavy atom. The maximum Gasteiger partial charge on any atom is 0.271 e. The summed E-state index contributed by atoms with van der Waals surface area (Å²) in [7, 11) is 1.67. The van der Waals surface area contributed by atoms with Crippen molar-refractivity contribution in [1.29, 1.82) is 0 Å². The number of non-ortho nitro benzene ring substituents is 1. The number of nitrogens with one attached hydrogen (secondary N) is 2. The molecule has 0 aliphatic heterocycles. The largest absolute Gasteiger partial charge is 0.342 e. The topological polar surface area (TPSA) is 132 Å². The molecule has 1 aromatic heterocycles. The normalized spacial score (nSPS) is 11.6. The van der Waals surface area contributed by atoms with Gasteiger partial charge in [-0.2, -0.15) is 0 Å². The van der Waals surface area contributed by atoms with Crippen LogP contribution in [-0.2, 0) is 11.8 Å². The molecule has 3 aromatic rings. The highest BCUT2D eigenvalue weighted by Gasteiger charge is 2.20. The van der Waals surface area contributed by atoms with E-state index in [1.165, 1.54) is 36.4 Å². The van der Waals surface area contributed by atoms with Crippen LogP contribution in [0.1, 0.15) is 29.1 Å². The van der Waals surface area contributed by atoms with Crippen LogP contribution < -0.4 is 10.6 Å². The van der Waals surface area contributed by atoms with Gasteiger partial charge >= 0.3 is 0 Å². The van der Waals surface area contributed by atoms with Gasteiger partial charge in [0.1, 0.15) is 5.82 Å². The predicted molar refractivity (Wildman–Crippen MR) is 121 cm³/mol. The number of hydrogen-bond donors (Lipinski definition) is 2.